The molecule has 1 rings (SSSR count). The summed E-state index contributed by atoms with van der Waals surface area (Å²) >= 11 is 0. The lowest BCUT2D eigenvalue weighted by Gasteiger charge is -2.27. The second-order valence-corrected chi connectivity index (χ2v) is 2.97. The molecule has 0 heterocycles. The van der Waals surface area contributed by atoms with Crippen LogP contribution in [0.1, 0.15) is 32.1 Å². The predicted octanol–water partition coefficient (Wildman–Crippen LogP) is 1.09. The minimum Gasteiger partial charge on any atom is -0.350 e. The molecular weight excluding hydrogens is 144 g/mol. The van der Waals surface area contributed by atoms with Gasteiger partial charge in [0.15, 0.2) is 0 Å². The summed E-state index contributed by atoms with van der Waals surface area (Å²) in [6.07, 6.45) is 5.10. The van der Waals surface area contributed by atoms with E-state index < -0.39 is 6.03 Å². The Balaban J connectivity index is 2.38. The fourth-order valence-corrected chi connectivity index (χ4v) is 1.51. The molecule has 0 saturated heterocycles. The summed E-state index contributed by atoms with van der Waals surface area (Å²) in [5.41, 5.74) is 4.90. The van der Waals surface area contributed by atoms with Crippen LogP contribution >= 0.6 is 0 Å². The maximum Gasteiger partial charge on any atom is 0.338 e. The van der Waals surface area contributed by atoms with Gasteiger partial charge in [0.05, 0.1) is 6.04 Å². The molecule has 2 amide bonds. The van der Waals surface area contributed by atoms with Gasteiger partial charge in [-0.05, 0) is 12.8 Å². The van der Waals surface area contributed by atoms with E-state index in [1.54, 1.807) is 0 Å². The molecule has 1 aliphatic carbocycles. The third-order valence-electron chi connectivity index (χ3n) is 2.15. The summed E-state index contributed by atoms with van der Waals surface area (Å²) in [5.74, 6) is 0. The van der Waals surface area contributed by atoms with Gasteiger partial charge < -0.3 is 5.73 Å². The number of amides is 2. The van der Waals surface area contributed by atoms with Crippen molar-refractivity contribution >= 4 is 6.03 Å². The smallest absolute Gasteiger partial charge is 0.338 e. The van der Waals surface area contributed by atoms with Gasteiger partial charge in [-0.25, -0.2) is 9.86 Å². The van der Waals surface area contributed by atoms with Crippen LogP contribution in [0.25, 0.3) is 0 Å². The van der Waals surface area contributed by atoms with Crippen molar-refractivity contribution in [3.63, 3.8) is 0 Å². The van der Waals surface area contributed by atoms with Gasteiger partial charge in [-0.1, -0.05) is 19.3 Å². The molecule has 0 spiro atoms. The molecule has 1 saturated carbocycles. The van der Waals surface area contributed by atoms with Gasteiger partial charge in [-0.3, -0.25) is 5.21 Å². The van der Waals surface area contributed by atoms with E-state index in [0.717, 1.165) is 25.7 Å². The zero-order valence-electron chi connectivity index (χ0n) is 6.49. The van der Waals surface area contributed by atoms with Crippen molar-refractivity contribution in [1.82, 2.24) is 5.06 Å². The number of nitrogens with two attached hydrogens (primary N) is 1. The summed E-state index contributed by atoms with van der Waals surface area (Å²) in [4.78, 5) is 10.5. The molecule has 0 aromatic rings. The number of primary amides is 1. The lowest BCUT2D eigenvalue weighted by molar-refractivity contribution is -0.0838. The number of rotatable bonds is 1. The molecule has 1 aliphatic rings. The van der Waals surface area contributed by atoms with E-state index in [1.165, 1.54) is 6.42 Å². The van der Waals surface area contributed by atoms with E-state index in [9.17, 15) is 4.79 Å². The molecule has 0 aromatic heterocycles. The minimum absolute atomic E-state index is 0.0405. The average Bonchev–Trinajstić information content (AvgIpc) is 2.05. The van der Waals surface area contributed by atoms with Gasteiger partial charge in [-0.2, -0.15) is 0 Å². The average molecular weight is 158 g/mol. The van der Waals surface area contributed by atoms with Gasteiger partial charge in [0.2, 0.25) is 0 Å². The van der Waals surface area contributed by atoms with E-state index in [2.05, 4.69) is 0 Å². The van der Waals surface area contributed by atoms with Crippen molar-refractivity contribution in [2.75, 3.05) is 0 Å². The van der Waals surface area contributed by atoms with Crippen LogP contribution in [0.5, 0.6) is 0 Å². The van der Waals surface area contributed by atoms with E-state index in [1.807, 2.05) is 0 Å². The highest BCUT2D eigenvalue weighted by molar-refractivity contribution is 5.70. The van der Waals surface area contributed by atoms with Crippen molar-refractivity contribution in [2.45, 2.75) is 38.1 Å². The van der Waals surface area contributed by atoms with Crippen LogP contribution in [-0.4, -0.2) is 22.3 Å². The largest absolute Gasteiger partial charge is 0.350 e. The molecule has 11 heavy (non-hydrogen) atoms. The molecule has 0 bridgehead atoms. The standard InChI is InChI=1S/C7H14N2O2/c8-7(10)9(11)6-4-2-1-3-5-6/h6,11H,1-5H2,(H2,8,10). The molecule has 0 unspecified atom stereocenters. The molecule has 4 nitrogen and oxygen atoms in total. The highest BCUT2D eigenvalue weighted by atomic mass is 16.5. The van der Waals surface area contributed by atoms with Gasteiger partial charge in [0, 0.05) is 0 Å². The number of carbonyl (C=O) groups is 1. The Labute approximate surface area is 65.9 Å². The van der Waals surface area contributed by atoms with E-state index in [0.29, 0.717) is 5.06 Å². The zero-order valence-corrected chi connectivity index (χ0v) is 6.49. The van der Waals surface area contributed by atoms with Crippen LogP contribution in [0, 0.1) is 0 Å². The summed E-state index contributed by atoms with van der Waals surface area (Å²) in [5, 5.41) is 9.78. The minimum atomic E-state index is -0.739. The molecule has 0 atom stereocenters. The number of hydrogen-bond donors (Lipinski definition) is 2. The Morgan fingerprint density at radius 2 is 1.91 bits per heavy atom. The Bertz CT molecular complexity index is 143. The Morgan fingerprint density at radius 3 is 2.36 bits per heavy atom. The Morgan fingerprint density at radius 1 is 1.36 bits per heavy atom. The van der Waals surface area contributed by atoms with Crippen molar-refractivity contribution in [3.8, 4) is 0 Å². The van der Waals surface area contributed by atoms with Crippen LogP contribution < -0.4 is 5.73 Å². The first-order chi connectivity index (χ1) is 5.22. The van der Waals surface area contributed by atoms with Gasteiger partial charge >= 0.3 is 6.03 Å². The number of hydrogen-bond acceptors (Lipinski definition) is 2. The van der Waals surface area contributed by atoms with E-state index in [-0.39, 0.29) is 6.04 Å². The molecule has 0 aliphatic heterocycles. The number of carbonyl (C=O) groups excluding carboxylic acids is 1. The molecule has 0 radical (unpaired) electrons. The lowest BCUT2D eigenvalue weighted by Crippen LogP contribution is -2.41. The van der Waals surface area contributed by atoms with E-state index >= 15 is 0 Å². The first-order valence-corrected chi connectivity index (χ1v) is 3.99. The van der Waals surface area contributed by atoms with Gasteiger partial charge in [0.1, 0.15) is 0 Å². The lowest BCUT2D eigenvalue weighted by atomic mass is 9.95. The van der Waals surface area contributed by atoms with Crippen LogP contribution in [0.4, 0.5) is 4.79 Å². The fourth-order valence-electron chi connectivity index (χ4n) is 1.51. The third kappa shape index (κ3) is 2.08. The first-order valence-electron chi connectivity index (χ1n) is 3.99. The van der Waals surface area contributed by atoms with Gasteiger partial charge in [-0.15, -0.1) is 0 Å². The molecule has 64 valence electrons. The Hall–Kier alpha value is -0.770. The quantitative estimate of drug-likeness (QED) is 0.443. The highest BCUT2D eigenvalue weighted by Gasteiger charge is 2.21. The molecule has 3 N–H and O–H groups in total. The predicted molar refractivity (Wildman–Crippen MR) is 40.1 cm³/mol. The second-order valence-electron chi connectivity index (χ2n) is 2.97. The first kappa shape index (κ1) is 8.33. The number of hydroxylamine groups is 2. The Kier molecular flexibility index (Phi) is 2.70. The molecule has 4 heteroatoms. The SMILES string of the molecule is NC(=O)N(O)C1CCCCC1. The zero-order chi connectivity index (χ0) is 8.27. The number of urea groups is 1. The molecular formula is C7H14N2O2. The summed E-state index contributed by atoms with van der Waals surface area (Å²) in [6, 6.07) is -0.779. The van der Waals surface area contributed by atoms with Crippen molar-refractivity contribution in [3.05, 3.63) is 0 Å². The maximum absolute atomic E-state index is 10.5. The number of nitrogens with zero attached hydrogens (tertiary/aromatic N) is 1. The van der Waals surface area contributed by atoms with Crippen molar-refractivity contribution in [2.24, 2.45) is 5.73 Å². The van der Waals surface area contributed by atoms with E-state index in [4.69, 9.17) is 10.9 Å². The highest BCUT2D eigenvalue weighted by Crippen LogP contribution is 2.20. The van der Waals surface area contributed by atoms with Crippen LogP contribution in [0.15, 0.2) is 0 Å². The maximum atomic E-state index is 10.5. The van der Waals surface area contributed by atoms with Crippen molar-refractivity contribution in [1.29, 1.82) is 0 Å². The molecule has 0 aromatic carbocycles. The van der Waals surface area contributed by atoms with Crippen molar-refractivity contribution < 1.29 is 10.0 Å². The summed E-state index contributed by atoms with van der Waals surface area (Å²) in [6.45, 7) is 0. The fraction of sp³-hybridized carbons (Fsp3) is 0.857. The van der Waals surface area contributed by atoms with Gasteiger partial charge in [0.25, 0.3) is 0 Å². The third-order valence-corrected chi connectivity index (χ3v) is 2.15. The second kappa shape index (κ2) is 3.57. The molecule has 1 fully saturated rings. The van der Waals surface area contributed by atoms with Crippen LogP contribution in [-0.2, 0) is 0 Å². The van der Waals surface area contributed by atoms with Crippen LogP contribution in [0.3, 0.4) is 0 Å². The normalized spacial score (nSPS) is 19.7. The topological polar surface area (TPSA) is 66.6 Å². The summed E-state index contributed by atoms with van der Waals surface area (Å²) < 4.78 is 0. The monoisotopic (exact) mass is 158 g/mol. The summed E-state index contributed by atoms with van der Waals surface area (Å²) in [7, 11) is 0. The van der Waals surface area contributed by atoms with Crippen LogP contribution in [0.2, 0.25) is 0 Å².